The van der Waals surface area contributed by atoms with Crippen molar-refractivity contribution in [3.8, 4) is 5.69 Å². The molecule has 1 aliphatic rings. The molecule has 36 heavy (non-hydrogen) atoms. The van der Waals surface area contributed by atoms with Gasteiger partial charge < -0.3 is 15.0 Å². The minimum absolute atomic E-state index is 0.0720. The lowest BCUT2D eigenvalue weighted by Crippen LogP contribution is -2.41. The Kier molecular flexibility index (Phi) is 7.20. The summed E-state index contributed by atoms with van der Waals surface area (Å²) >= 11 is 0. The Labute approximate surface area is 213 Å². The van der Waals surface area contributed by atoms with E-state index < -0.39 is 5.60 Å². The molecule has 3 aromatic rings. The summed E-state index contributed by atoms with van der Waals surface area (Å²) in [5.74, 6) is -0.103. The van der Waals surface area contributed by atoms with Crippen LogP contribution in [0.3, 0.4) is 0 Å². The lowest BCUT2D eigenvalue weighted by Gasteiger charge is -2.34. The Hall–Kier alpha value is -3.61. The molecule has 1 saturated heterocycles. The van der Waals surface area contributed by atoms with E-state index in [0.29, 0.717) is 18.7 Å². The van der Waals surface area contributed by atoms with Gasteiger partial charge >= 0.3 is 6.09 Å². The fourth-order valence-corrected chi connectivity index (χ4v) is 4.81. The molecule has 2 heterocycles. The highest BCUT2D eigenvalue weighted by molar-refractivity contribution is 6.05. The van der Waals surface area contributed by atoms with Crippen LogP contribution in [0, 0.1) is 20.8 Å². The molecule has 0 atom stereocenters. The van der Waals surface area contributed by atoms with E-state index in [9.17, 15) is 9.59 Å². The molecule has 0 unspecified atom stereocenters. The minimum atomic E-state index is -0.532. The van der Waals surface area contributed by atoms with Crippen LogP contribution in [0.25, 0.3) is 5.69 Å². The maximum absolute atomic E-state index is 13.5. The van der Waals surface area contributed by atoms with Gasteiger partial charge in [-0.1, -0.05) is 36.4 Å². The van der Waals surface area contributed by atoms with Gasteiger partial charge in [-0.15, -0.1) is 0 Å². The Morgan fingerprint density at radius 2 is 1.56 bits per heavy atom. The first kappa shape index (κ1) is 25.5. The molecule has 1 fully saturated rings. The molecule has 1 aromatic heterocycles. The van der Waals surface area contributed by atoms with Crippen LogP contribution in [0.5, 0.6) is 0 Å². The first-order chi connectivity index (χ1) is 17.0. The van der Waals surface area contributed by atoms with Crippen LogP contribution in [-0.2, 0) is 4.74 Å². The maximum Gasteiger partial charge on any atom is 0.410 e. The van der Waals surface area contributed by atoms with Gasteiger partial charge in [-0.25, -0.2) is 9.48 Å². The minimum Gasteiger partial charge on any atom is -0.444 e. The molecule has 7 nitrogen and oxygen atoms in total. The number of para-hydroxylation sites is 2. The number of piperidine rings is 1. The number of nitrogens with one attached hydrogen (secondary N) is 1. The van der Waals surface area contributed by atoms with Gasteiger partial charge in [0.05, 0.1) is 23.1 Å². The van der Waals surface area contributed by atoms with E-state index in [1.165, 1.54) is 0 Å². The van der Waals surface area contributed by atoms with E-state index in [0.717, 1.165) is 46.6 Å². The fraction of sp³-hybridized carbons (Fsp3) is 0.414. The summed E-state index contributed by atoms with van der Waals surface area (Å²) in [7, 11) is 0. The number of benzene rings is 2. The average Bonchev–Trinajstić information content (AvgIpc) is 3.24. The van der Waals surface area contributed by atoms with Gasteiger partial charge in [-0.05, 0) is 77.1 Å². The standard InChI is InChI=1S/C29H36N4O3/c1-19-10-7-8-13-24(19)31-27(34)23-18-30-33(25-20(2)11-9-12-21(25)3)26(23)22-14-16-32(17-15-22)28(35)36-29(4,5)6/h7-13,18,22H,14-17H2,1-6H3,(H,31,34). The van der Waals surface area contributed by atoms with Crippen molar-refractivity contribution in [3.63, 3.8) is 0 Å². The summed E-state index contributed by atoms with van der Waals surface area (Å²) in [5.41, 5.74) is 5.90. The van der Waals surface area contributed by atoms with Crippen LogP contribution in [-0.4, -0.2) is 45.4 Å². The van der Waals surface area contributed by atoms with Gasteiger partial charge in [-0.2, -0.15) is 5.10 Å². The monoisotopic (exact) mass is 488 g/mol. The van der Waals surface area contributed by atoms with Crippen LogP contribution in [0.4, 0.5) is 10.5 Å². The number of anilines is 1. The summed E-state index contributed by atoms with van der Waals surface area (Å²) in [5, 5.41) is 7.80. The summed E-state index contributed by atoms with van der Waals surface area (Å²) in [4.78, 5) is 27.9. The van der Waals surface area contributed by atoms with Crippen molar-refractivity contribution in [1.82, 2.24) is 14.7 Å². The van der Waals surface area contributed by atoms with E-state index in [4.69, 9.17) is 9.84 Å². The van der Waals surface area contributed by atoms with Gasteiger partial charge in [0.1, 0.15) is 5.60 Å². The van der Waals surface area contributed by atoms with Crippen molar-refractivity contribution < 1.29 is 14.3 Å². The number of amides is 2. The van der Waals surface area contributed by atoms with Gasteiger partial charge in [0.2, 0.25) is 0 Å². The average molecular weight is 489 g/mol. The van der Waals surface area contributed by atoms with Gasteiger partial charge in [0.25, 0.3) is 5.91 Å². The summed E-state index contributed by atoms with van der Waals surface area (Å²) < 4.78 is 7.51. The molecule has 0 saturated carbocycles. The third-order valence-electron chi connectivity index (χ3n) is 6.63. The van der Waals surface area contributed by atoms with Crippen LogP contribution < -0.4 is 5.32 Å². The third-order valence-corrected chi connectivity index (χ3v) is 6.63. The topological polar surface area (TPSA) is 76.5 Å². The van der Waals surface area contributed by atoms with E-state index in [1.54, 1.807) is 11.1 Å². The number of hydrogen-bond acceptors (Lipinski definition) is 4. The molecule has 0 bridgehead atoms. The normalized spacial score (nSPS) is 14.6. The zero-order valence-electron chi connectivity index (χ0n) is 22.1. The van der Waals surface area contributed by atoms with E-state index in [1.807, 2.05) is 62.7 Å². The lowest BCUT2D eigenvalue weighted by molar-refractivity contribution is 0.0203. The zero-order chi connectivity index (χ0) is 26.0. The SMILES string of the molecule is Cc1ccccc1NC(=O)c1cnn(-c2c(C)cccc2C)c1C1CCN(C(=O)OC(C)(C)C)CC1. The molecule has 0 spiro atoms. The summed E-state index contributed by atoms with van der Waals surface area (Å²) in [6, 6.07) is 13.9. The Bertz CT molecular complexity index is 1240. The molecule has 0 radical (unpaired) electrons. The van der Waals surface area contributed by atoms with E-state index in [-0.39, 0.29) is 17.9 Å². The molecule has 1 aliphatic heterocycles. The first-order valence-electron chi connectivity index (χ1n) is 12.5. The highest BCUT2D eigenvalue weighted by atomic mass is 16.6. The van der Waals surface area contributed by atoms with Crippen LogP contribution >= 0.6 is 0 Å². The van der Waals surface area contributed by atoms with Crippen molar-refractivity contribution in [2.45, 2.75) is 65.9 Å². The highest BCUT2D eigenvalue weighted by Gasteiger charge is 2.32. The van der Waals surface area contributed by atoms with E-state index in [2.05, 4.69) is 31.3 Å². The molecule has 190 valence electrons. The molecule has 4 rings (SSSR count). The summed E-state index contributed by atoms with van der Waals surface area (Å²) in [6.07, 6.45) is 2.83. The Morgan fingerprint density at radius 3 is 2.17 bits per heavy atom. The molecular formula is C29H36N4O3. The third kappa shape index (κ3) is 5.45. The molecular weight excluding hydrogens is 452 g/mol. The highest BCUT2D eigenvalue weighted by Crippen LogP contribution is 2.34. The molecule has 0 aliphatic carbocycles. The second kappa shape index (κ2) is 10.2. The molecule has 2 aromatic carbocycles. The number of carbonyl (C=O) groups excluding carboxylic acids is 2. The van der Waals surface area contributed by atoms with Gasteiger partial charge in [-0.3, -0.25) is 4.79 Å². The number of rotatable bonds is 4. The maximum atomic E-state index is 13.5. The second-order valence-electron chi connectivity index (χ2n) is 10.6. The molecule has 2 amide bonds. The number of nitrogens with zero attached hydrogens (tertiary/aromatic N) is 3. The Morgan fingerprint density at radius 1 is 0.944 bits per heavy atom. The number of hydrogen-bond donors (Lipinski definition) is 1. The van der Waals surface area contributed by atoms with Crippen LogP contribution in [0.2, 0.25) is 0 Å². The van der Waals surface area contributed by atoms with Crippen molar-refractivity contribution in [3.05, 3.63) is 76.6 Å². The Balaban J connectivity index is 1.67. The van der Waals surface area contributed by atoms with Gasteiger partial charge in [0, 0.05) is 24.7 Å². The fourth-order valence-electron chi connectivity index (χ4n) is 4.81. The van der Waals surface area contributed by atoms with Crippen LogP contribution in [0.1, 0.15) is 72.3 Å². The first-order valence-corrected chi connectivity index (χ1v) is 12.5. The number of carbonyl (C=O) groups is 2. The van der Waals surface area contributed by atoms with E-state index >= 15 is 0 Å². The van der Waals surface area contributed by atoms with Crippen molar-refractivity contribution in [2.75, 3.05) is 18.4 Å². The van der Waals surface area contributed by atoms with Gasteiger partial charge in [0.15, 0.2) is 0 Å². The molecule has 7 heteroatoms. The molecule has 1 N–H and O–H groups in total. The quantitative estimate of drug-likeness (QED) is 0.477. The second-order valence-corrected chi connectivity index (χ2v) is 10.6. The number of ether oxygens (including phenoxy) is 1. The predicted molar refractivity (Wildman–Crippen MR) is 142 cm³/mol. The number of aromatic nitrogens is 2. The van der Waals surface area contributed by atoms with Crippen molar-refractivity contribution >= 4 is 17.7 Å². The zero-order valence-corrected chi connectivity index (χ0v) is 22.1. The number of aryl methyl sites for hydroxylation is 3. The van der Waals surface area contributed by atoms with Crippen molar-refractivity contribution in [2.24, 2.45) is 0 Å². The largest absolute Gasteiger partial charge is 0.444 e. The predicted octanol–water partition coefficient (Wildman–Crippen LogP) is 6.16. The number of likely N-dealkylation sites (tertiary alicyclic amines) is 1. The lowest BCUT2D eigenvalue weighted by atomic mass is 9.90. The smallest absolute Gasteiger partial charge is 0.410 e. The summed E-state index contributed by atoms with van der Waals surface area (Å²) in [6.45, 7) is 12.9. The van der Waals surface area contributed by atoms with Crippen molar-refractivity contribution in [1.29, 1.82) is 0 Å². The van der Waals surface area contributed by atoms with Crippen LogP contribution in [0.15, 0.2) is 48.7 Å².